The molecule has 6 heteroatoms. The van der Waals surface area contributed by atoms with E-state index in [0.29, 0.717) is 31.8 Å². The third kappa shape index (κ3) is 4.51. The first kappa shape index (κ1) is 19.0. The number of amides is 1. The van der Waals surface area contributed by atoms with Gasteiger partial charge >= 0.3 is 5.97 Å². The largest absolute Gasteiger partial charge is 0.466 e. The average molecular weight is 367 g/mol. The van der Waals surface area contributed by atoms with Crippen LogP contribution in [0.5, 0.6) is 0 Å². The van der Waals surface area contributed by atoms with E-state index in [2.05, 4.69) is 22.1 Å². The molecule has 2 heterocycles. The highest BCUT2D eigenvalue weighted by Crippen LogP contribution is 2.36. The number of likely N-dealkylation sites (tertiary alicyclic amines) is 1. The first-order valence-electron chi connectivity index (χ1n) is 9.41. The molecule has 0 bridgehead atoms. The maximum Gasteiger partial charge on any atom is 0.313 e. The number of hydrogen-bond donors (Lipinski definition) is 0. The first-order chi connectivity index (χ1) is 13.1. The number of piperidine rings is 1. The topological polar surface area (TPSA) is 72.4 Å². The third-order valence-electron chi connectivity index (χ3n) is 5.09. The van der Waals surface area contributed by atoms with Crippen molar-refractivity contribution in [3.05, 3.63) is 60.2 Å². The van der Waals surface area contributed by atoms with Crippen LogP contribution in [0.25, 0.3) is 0 Å². The molecule has 142 valence electrons. The fourth-order valence-electron chi connectivity index (χ4n) is 3.66. The third-order valence-corrected chi connectivity index (χ3v) is 5.09. The molecule has 0 aliphatic carbocycles. The van der Waals surface area contributed by atoms with Gasteiger partial charge in [-0.3, -0.25) is 14.6 Å². The van der Waals surface area contributed by atoms with Crippen LogP contribution in [0.1, 0.15) is 42.2 Å². The number of nitrogens with zero attached hydrogens (tertiary/aromatic N) is 3. The minimum absolute atomic E-state index is 0.184. The second-order valence-corrected chi connectivity index (χ2v) is 6.91. The van der Waals surface area contributed by atoms with Crippen LogP contribution in [0, 0.1) is 5.41 Å². The molecule has 0 radical (unpaired) electrons. The SMILES string of the molecule is CCOC(=O)C1(CCc2ccccc2)CCCN(C(=O)c2cnccn2)C1. The van der Waals surface area contributed by atoms with Crippen molar-refractivity contribution in [2.45, 2.75) is 32.6 Å². The monoisotopic (exact) mass is 367 g/mol. The number of rotatable bonds is 6. The summed E-state index contributed by atoms with van der Waals surface area (Å²) in [5.74, 6) is -0.395. The van der Waals surface area contributed by atoms with Gasteiger partial charge in [0.2, 0.25) is 0 Å². The molecule has 1 amide bonds. The van der Waals surface area contributed by atoms with Crippen LogP contribution in [0.15, 0.2) is 48.9 Å². The Morgan fingerprint density at radius 2 is 2.04 bits per heavy atom. The predicted molar refractivity (Wildman–Crippen MR) is 101 cm³/mol. The van der Waals surface area contributed by atoms with E-state index in [4.69, 9.17) is 4.74 Å². The van der Waals surface area contributed by atoms with Gasteiger partial charge in [0, 0.05) is 25.5 Å². The normalized spacial score (nSPS) is 19.5. The fraction of sp³-hybridized carbons (Fsp3) is 0.429. The van der Waals surface area contributed by atoms with Crippen LogP contribution in [0.3, 0.4) is 0 Å². The van der Waals surface area contributed by atoms with Gasteiger partial charge in [-0.25, -0.2) is 4.98 Å². The number of carbonyl (C=O) groups is 2. The molecule has 1 aromatic carbocycles. The van der Waals surface area contributed by atoms with Crippen molar-refractivity contribution in [2.75, 3.05) is 19.7 Å². The summed E-state index contributed by atoms with van der Waals surface area (Å²) in [7, 11) is 0. The number of aryl methyl sites for hydroxylation is 1. The summed E-state index contributed by atoms with van der Waals surface area (Å²) in [6.07, 6.45) is 7.42. The molecular formula is C21H25N3O3. The summed E-state index contributed by atoms with van der Waals surface area (Å²) in [5.41, 5.74) is 0.806. The minimum atomic E-state index is -0.679. The van der Waals surface area contributed by atoms with Crippen molar-refractivity contribution < 1.29 is 14.3 Å². The molecular weight excluding hydrogens is 342 g/mol. The summed E-state index contributed by atoms with van der Waals surface area (Å²) >= 11 is 0. The zero-order chi connectivity index (χ0) is 19.1. The Balaban J connectivity index is 1.79. The van der Waals surface area contributed by atoms with Crippen LogP contribution in [-0.2, 0) is 16.0 Å². The van der Waals surface area contributed by atoms with Crippen molar-refractivity contribution >= 4 is 11.9 Å². The van der Waals surface area contributed by atoms with E-state index in [9.17, 15) is 9.59 Å². The Kier molecular flexibility index (Phi) is 6.16. The molecule has 0 N–H and O–H groups in total. The van der Waals surface area contributed by atoms with Gasteiger partial charge in [0.25, 0.3) is 5.91 Å². The van der Waals surface area contributed by atoms with Gasteiger partial charge < -0.3 is 9.64 Å². The number of ether oxygens (including phenoxy) is 1. The Hall–Kier alpha value is -2.76. The Labute approximate surface area is 159 Å². The van der Waals surface area contributed by atoms with Gasteiger partial charge in [-0.05, 0) is 38.2 Å². The minimum Gasteiger partial charge on any atom is -0.466 e. The fourth-order valence-corrected chi connectivity index (χ4v) is 3.66. The average Bonchev–Trinajstić information content (AvgIpc) is 2.73. The maximum atomic E-state index is 12.9. The molecule has 27 heavy (non-hydrogen) atoms. The number of carbonyl (C=O) groups excluding carboxylic acids is 2. The van der Waals surface area contributed by atoms with Gasteiger partial charge in [-0.15, -0.1) is 0 Å². The summed E-state index contributed by atoms with van der Waals surface area (Å²) < 4.78 is 5.40. The smallest absolute Gasteiger partial charge is 0.313 e. The van der Waals surface area contributed by atoms with Gasteiger partial charge in [0.1, 0.15) is 5.69 Å². The highest BCUT2D eigenvalue weighted by Gasteiger charge is 2.44. The Bertz CT molecular complexity index is 767. The standard InChI is InChI=1S/C21H25N3O3/c1-2-27-20(26)21(11-9-17-7-4-3-5-8-17)10-6-14-24(16-21)19(25)18-15-22-12-13-23-18/h3-5,7-8,12-13,15H,2,6,9-11,14,16H2,1H3. The summed E-state index contributed by atoms with van der Waals surface area (Å²) in [6.45, 7) is 3.12. The second-order valence-electron chi connectivity index (χ2n) is 6.91. The molecule has 1 unspecified atom stereocenters. The van der Waals surface area contributed by atoms with Crippen LogP contribution >= 0.6 is 0 Å². The predicted octanol–water partition coefficient (Wildman–Crippen LogP) is 2.89. The van der Waals surface area contributed by atoms with E-state index >= 15 is 0 Å². The first-order valence-corrected chi connectivity index (χ1v) is 9.41. The molecule has 6 nitrogen and oxygen atoms in total. The van der Waals surface area contributed by atoms with E-state index in [-0.39, 0.29) is 11.9 Å². The number of hydrogen-bond acceptors (Lipinski definition) is 5. The van der Waals surface area contributed by atoms with Gasteiger partial charge in [-0.1, -0.05) is 30.3 Å². The van der Waals surface area contributed by atoms with E-state index in [1.165, 1.54) is 24.2 Å². The van der Waals surface area contributed by atoms with E-state index < -0.39 is 5.41 Å². The Morgan fingerprint density at radius 1 is 1.22 bits per heavy atom. The van der Waals surface area contributed by atoms with Crippen molar-refractivity contribution in [2.24, 2.45) is 5.41 Å². The number of aromatic nitrogens is 2. The molecule has 1 fully saturated rings. The zero-order valence-electron chi connectivity index (χ0n) is 15.6. The molecule has 0 saturated carbocycles. The molecule has 1 atom stereocenters. The highest BCUT2D eigenvalue weighted by molar-refractivity contribution is 5.92. The number of benzene rings is 1. The zero-order valence-corrected chi connectivity index (χ0v) is 15.6. The molecule has 3 rings (SSSR count). The van der Waals surface area contributed by atoms with E-state index in [1.807, 2.05) is 25.1 Å². The van der Waals surface area contributed by atoms with E-state index in [0.717, 1.165) is 19.3 Å². The molecule has 1 aliphatic heterocycles. The Morgan fingerprint density at radius 3 is 2.74 bits per heavy atom. The lowest BCUT2D eigenvalue weighted by Gasteiger charge is -2.41. The van der Waals surface area contributed by atoms with Gasteiger partial charge in [-0.2, -0.15) is 0 Å². The summed E-state index contributed by atoms with van der Waals surface area (Å²) in [4.78, 5) is 35.5. The molecule has 1 saturated heterocycles. The van der Waals surface area contributed by atoms with Crippen LogP contribution < -0.4 is 0 Å². The maximum absolute atomic E-state index is 12.9. The van der Waals surface area contributed by atoms with Gasteiger partial charge in [0.05, 0.1) is 18.2 Å². The molecule has 2 aromatic rings. The highest BCUT2D eigenvalue weighted by atomic mass is 16.5. The molecule has 1 aromatic heterocycles. The second kappa shape index (κ2) is 8.75. The lowest BCUT2D eigenvalue weighted by atomic mass is 9.75. The van der Waals surface area contributed by atoms with Crippen molar-refractivity contribution in [1.29, 1.82) is 0 Å². The summed E-state index contributed by atoms with van der Waals surface area (Å²) in [5, 5.41) is 0. The molecule has 1 aliphatic rings. The lowest BCUT2D eigenvalue weighted by Crippen LogP contribution is -2.51. The quantitative estimate of drug-likeness (QED) is 0.734. The van der Waals surface area contributed by atoms with Crippen molar-refractivity contribution in [3.8, 4) is 0 Å². The van der Waals surface area contributed by atoms with Gasteiger partial charge in [0.15, 0.2) is 0 Å². The van der Waals surface area contributed by atoms with Crippen molar-refractivity contribution in [3.63, 3.8) is 0 Å². The van der Waals surface area contributed by atoms with Crippen LogP contribution in [0.4, 0.5) is 0 Å². The number of esters is 1. The van der Waals surface area contributed by atoms with Crippen LogP contribution in [-0.4, -0.2) is 46.4 Å². The van der Waals surface area contributed by atoms with Crippen LogP contribution in [0.2, 0.25) is 0 Å². The van der Waals surface area contributed by atoms with Crippen molar-refractivity contribution in [1.82, 2.24) is 14.9 Å². The molecule has 0 spiro atoms. The summed E-state index contributed by atoms with van der Waals surface area (Å²) in [6, 6.07) is 10.1. The van der Waals surface area contributed by atoms with E-state index in [1.54, 1.807) is 4.90 Å². The lowest BCUT2D eigenvalue weighted by molar-refractivity contribution is -0.159.